The summed E-state index contributed by atoms with van der Waals surface area (Å²) in [5.41, 5.74) is 1.79. The minimum absolute atomic E-state index is 0.0773. The van der Waals surface area contributed by atoms with Gasteiger partial charge in [0.1, 0.15) is 12.4 Å². The second-order valence-electron chi connectivity index (χ2n) is 8.25. The second-order valence-corrected chi connectivity index (χ2v) is 9.24. The van der Waals surface area contributed by atoms with Gasteiger partial charge >= 0.3 is 0 Å². The Morgan fingerprint density at radius 3 is 2.58 bits per heavy atom. The Labute approximate surface area is 185 Å². The molecule has 2 unspecified atom stereocenters. The van der Waals surface area contributed by atoms with Gasteiger partial charge in [-0.15, -0.1) is 0 Å². The number of carbonyl (C=O) groups excluding carboxylic acids is 3. The van der Waals surface area contributed by atoms with E-state index in [0.717, 1.165) is 27.7 Å². The molecule has 2 aliphatic rings. The largest absolute Gasteiger partial charge is 0.372 e. The van der Waals surface area contributed by atoms with E-state index in [4.69, 9.17) is 4.74 Å². The van der Waals surface area contributed by atoms with Crippen LogP contribution in [0.4, 0.5) is 4.79 Å². The maximum atomic E-state index is 12.9. The highest BCUT2D eigenvalue weighted by Gasteiger charge is 2.38. The minimum Gasteiger partial charge on any atom is -0.372 e. The van der Waals surface area contributed by atoms with Crippen LogP contribution in [0.3, 0.4) is 0 Å². The summed E-state index contributed by atoms with van der Waals surface area (Å²) < 4.78 is 7.69. The third-order valence-corrected chi connectivity index (χ3v) is 6.25. The van der Waals surface area contributed by atoms with Crippen molar-refractivity contribution in [3.8, 4) is 0 Å². The maximum Gasteiger partial charge on any atom is 0.294 e. The van der Waals surface area contributed by atoms with Crippen molar-refractivity contribution in [3.63, 3.8) is 0 Å². The van der Waals surface area contributed by atoms with E-state index in [2.05, 4.69) is 4.98 Å². The first-order chi connectivity index (χ1) is 14.7. The number of para-hydroxylation sites is 2. The molecule has 2 saturated heterocycles. The predicted octanol–water partition coefficient (Wildman–Crippen LogP) is 3.29. The van der Waals surface area contributed by atoms with E-state index >= 15 is 0 Å². The summed E-state index contributed by atoms with van der Waals surface area (Å²) in [7, 11) is 0. The lowest BCUT2D eigenvalue weighted by molar-refractivity contribution is -0.145. The number of ether oxygens (including phenoxy) is 1. The van der Waals surface area contributed by atoms with E-state index in [1.165, 1.54) is 0 Å². The molecule has 0 saturated carbocycles. The first-order valence-corrected chi connectivity index (χ1v) is 11.2. The van der Waals surface area contributed by atoms with Gasteiger partial charge in [-0.25, -0.2) is 4.98 Å². The van der Waals surface area contributed by atoms with Crippen LogP contribution in [0.25, 0.3) is 17.1 Å². The van der Waals surface area contributed by atoms with Crippen LogP contribution >= 0.6 is 11.8 Å². The molecule has 1 aromatic heterocycles. The Kier molecular flexibility index (Phi) is 5.90. The summed E-state index contributed by atoms with van der Waals surface area (Å²) in [6.45, 7) is 8.53. The minimum atomic E-state index is -0.458. The van der Waals surface area contributed by atoms with E-state index in [0.29, 0.717) is 18.9 Å². The molecular weight excluding hydrogens is 416 g/mol. The van der Waals surface area contributed by atoms with Crippen LogP contribution in [0.1, 0.15) is 39.6 Å². The quantitative estimate of drug-likeness (QED) is 0.676. The van der Waals surface area contributed by atoms with Crippen molar-refractivity contribution < 1.29 is 19.1 Å². The van der Waals surface area contributed by atoms with Gasteiger partial charge in [0, 0.05) is 25.2 Å². The molecule has 3 amide bonds. The zero-order valence-electron chi connectivity index (χ0n) is 18.1. The number of aromatic nitrogens is 2. The molecule has 0 N–H and O–H groups in total. The van der Waals surface area contributed by atoms with Crippen molar-refractivity contribution in [1.82, 2.24) is 19.4 Å². The van der Waals surface area contributed by atoms with Gasteiger partial charge in [0.2, 0.25) is 5.91 Å². The van der Waals surface area contributed by atoms with Crippen LogP contribution in [-0.4, -0.2) is 68.2 Å². The van der Waals surface area contributed by atoms with Gasteiger partial charge in [0.05, 0.1) is 28.1 Å². The third kappa shape index (κ3) is 4.24. The van der Waals surface area contributed by atoms with Crippen molar-refractivity contribution in [1.29, 1.82) is 0 Å². The van der Waals surface area contributed by atoms with E-state index in [-0.39, 0.29) is 35.6 Å². The van der Waals surface area contributed by atoms with Gasteiger partial charge in [-0.1, -0.05) is 12.1 Å². The highest BCUT2D eigenvalue weighted by molar-refractivity contribution is 8.18. The van der Waals surface area contributed by atoms with E-state index in [1.54, 1.807) is 11.0 Å². The summed E-state index contributed by atoms with van der Waals surface area (Å²) in [5.74, 6) is -0.0936. The average Bonchev–Trinajstić information content (AvgIpc) is 3.19. The van der Waals surface area contributed by atoms with E-state index in [1.807, 2.05) is 56.5 Å². The van der Waals surface area contributed by atoms with Crippen LogP contribution in [-0.2, 0) is 14.3 Å². The highest BCUT2D eigenvalue weighted by Crippen LogP contribution is 2.33. The molecule has 0 bridgehead atoms. The topological polar surface area (TPSA) is 84.7 Å². The molecule has 4 rings (SSSR count). The number of rotatable bonds is 4. The molecule has 2 atom stereocenters. The van der Waals surface area contributed by atoms with Gasteiger partial charge in [-0.05, 0) is 51.6 Å². The number of hydrogen-bond acceptors (Lipinski definition) is 6. The number of thioether (sulfide) groups is 1. The second kappa shape index (κ2) is 8.47. The van der Waals surface area contributed by atoms with Crippen LogP contribution in [0.5, 0.6) is 0 Å². The molecular formula is C22H26N4O4S. The molecule has 0 aliphatic carbocycles. The summed E-state index contributed by atoms with van der Waals surface area (Å²) in [5, 5.41) is -0.439. The van der Waals surface area contributed by atoms with Crippen LogP contribution in [0, 0.1) is 0 Å². The fraction of sp³-hybridized carbons (Fsp3) is 0.455. The normalized spacial score (nSPS) is 23.6. The van der Waals surface area contributed by atoms with Gasteiger partial charge in [-0.2, -0.15) is 0 Å². The standard InChI is InChI=1S/C22H26N4O4S/c1-13(2)26-17-8-6-5-7-16(17)23-19(26)9-18-21(28)25(22(29)31-18)12-20(27)24-10-14(3)30-15(4)11-24/h5-9,13-15H,10-12H2,1-4H3/b18-9-. The van der Waals surface area contributed by atoms with Gasteiger partial charge in [0.25, 0.3) is 11.1 Å². The number of hydrogen-bond donors (Lipinski definition) is 0. The summed E-state index contributed by atoms with van der Waals surface area (Å²) in [6.07, 6.45) is 1.49. The Hall–Kier alpha value is -2.65. The number of benzene rings is 1. The fourth-order valence-corrected chi connectivity index (χ4v) is 4.89. The number of nitrogens with zero attached hydrogens (tertiary/aromatic N) is 4. The Morgan fingerprint density at radius 1 is 1.23 bits per heavy atom. The molecule has 8 nitrogen and oxygen atoms in total. The number of imide groups is 1. The smallest absolute Gasteiger partial charge is 0.294 e. The maximum absolute atomic E-state index is 12.9. The Balaban J connectivity index is 1.56. The third-order valence-electron chi connectivity index (χ3n) is 5.34. The number of amides is 3. The summed E-state index contributed by atoms with van der Waals surface area (Å²) in [6, 6.07) is 7.88. The van der Waals surface area contributed by atoms with Crippen molar-refractivity contribution in [3.05, 3.63) is 35.0 Å². The lowest BCUT2D eigenvalue weighted by Gasteiger charge is -2.35. The number of morpholine rings is 1. The summed E-state index contributed by atoms with van der Waals surface area (Å²) >= 11 is 0.846. The first-order valence-electron chi connectivity index (χ1n) is 10.4. The first kappa shape index (κ1) is 21.6. The molecule has 9 heteroatoms. The van der Waals surface area contributed by atoms with Crippen LogP contribution in [0.2, 0.25) is 0 Å². The van der Waals surface area contributed by atoms with Gasteiger partial charge in [0.15, 0.2) is 0 Å². The SMILES string of the molecule is CC1CN(C(=O)CN2C(=O)S/C(=C\c3nc4ccccc4n3C(C)C)C2=O)CC(C)O1. The molecule has 2 fully saturated rings. The number of carbonyl (C=O) groups is 3. The highest BCUT2D eigenvalue weighted by atomic mass is 32.2. The molecule has 2 aliphatic heterocycles. The molecule has 1 aromatic carbocycles. The zero-order valence-corrected chi connectivity index (χ0v) is 18.9. The average molecular weight is 443 g/mol. The van der Waals surface area contributed by atoms with Crippen LogP contribution < -0.4 is 0 Å². The monoisotopic (exact) mass is 442 g/mol. The molecule has 2 aromatic rings. The van der Waals surface area contributed by atoms with Crippen molar-refractivity contribution in [2.75, 3.05) is 19.6 Å². The lowest BCUT2D eigenvalue weighted by atomic mass is 10.2. The molecule has 0 radical (unpaired) electrons. The zero-order chi connectivity index (χ0) is 22.3. The van der Waals surface area contributed by atoms with Crippen molar-refractivity contribution in [2.24, 2.45) is 0 Å². The Bertz CT molecular complexity index is 1070. The molecule has 31 heavy (non-hydrogen) atoms. The van der Waals surface area contributed by atoms with Crippen molar-refractivity contribution in [2.45, 2.75) is 45.9 Å². The Morgan fingerprint density at radius 2 is 1.90 bits per heavy atom. The summed E-state index contributed by atoms with van der Waals surface area (Å²) in [4.78, 5) is 45.8. The molecule has 3 heterocycles. The van der Waals surface area contributed by atoms with Gasteiger partial charge < -0.3 is 14.2 Å². The fourth-order valence-electron chi connectivity index (χ4n) is 4.08. The van der Waals surface area contributed by atoms with Crippen LogP contribution in [0.15, 0.2) is 29.2 Å². The number of imidazole rings is 1. The number of fused-ring (bicyclic) bond motifs is 1. The molecule has 164 valence electrons. The molecule has 0 spiro atoms. The van der Waals surface area contributed by atoms with Crippen molar-refractivity contribution >= 4 is 45.9 Å². The lowest BCUT2D eigenvalue weighted by Crippen LogP contribution is -2.51. The van der Waals surface area contributed by atoms with Gasteiger partial charge in [-0.3, -0.25) is 19.3 Å². The van der Waals surface area contributed by atoms with E-state index < -0.39 is 11.1 Å². The predicted molar refractivity (Wildman–Crippen MR) is 119 cm³/mol. The van der Waals surface area contributed by atoms with E-state index in [9.17, 15) is 14.4 Å².